The zero-order chi connectivity index (χ0) is 14.5. The molecule has 0 spiro atoms. The van der Waals surface area contributed by atoms with Crippen molar-refractivity contribution in [2.24, 2.45) is 11.8 Å². The zero-order valence-electron chi connectivity index (χ0n) is 13.6. The fraction of sp³-hybridized carbons (Fsp3) is 0.824. The molecule has 1 fully saturated rings. The highest BCUT2D eigenvalue weighted by Gasteiger charge is 2.28. The predicted molar refractivity (Wildman–Crippen MR) is 84.9 cm³/mol. The molecule has 0 amide bonds. The number of hydrogen-bond acceptors (Lipinski definition) is 2. The average Bonchev–Trinajstić information content (AvgIpc) is 2.89. The standard InChI is InChI=1S/C17H31N3/c1-5-16(6-2)20-10-9-15(19-20)12-14-11-13(3)7-8-17(14)18-4/h9-10,13-14,16-18H,5-8,11-12H2,1-4H3. The van der Waals surface area contributed by atoms with E-state index >= 15 is 0 Å². The van der Waals surface area contributed by atoms with Gasteiger partial charge in [-0.1, -0.05) is 20.8 Å². The molecule has 1 aliphatic carbocycles. The minimum Gasteiger partial charge on any atom is -0.317 e. The molecule has 0 bridgehead atoms. The Kier molecular flexibility index (Phi) is 5.64. The number of nitrogens with zero attached hydrogens (tertiary/aromatic N) is 2. The maximum atomic E-state index is 4.83. The summed E-state index contributed by atoms with van der Waals surface area (Å²) in [7, 11) is 2.11. The van der Waals surface area contributed by atoms with Crippen LogP contribution in [0.2, 0.25) is 0 Å². The van der Waals surface area contributed by atoms with Gasteiger partial charge in [0.1, 0.15) is 0 Å². The molecule has 1 aromatic rings. The Labute approximate surface area is 124 Å². The van der Waals surface area contributed by atoms with Crippen LogP contribution in [0.25, 0.3) is 0 Å². The Bertz CT molecular complexity index is 395. The van der Waals surface area contributed by atoms with Crippen LogP contribution in [0.1, 0.15) is 64.6 Å². The number of nitrogens with one attached hydrogen (secondary N) is 1. The zero-order valence-corrected chi connectivity index (χ0v) is 13.6. The van der Waals surface area contributed by atoms with Gasteiger partial charge in [-0.15, -0.1) is 0 Å². The summed E-state index contributed by atoms with van der Waals surface area (Å²) >= 11 is 0. The quantitative estimate of drug-likeness (QED) is 0.857. The Balaban J connectivity index is 2.01. The fourth-order valence-electron chi connectivity index (χ4n) is 3.73. The normalized spacial score (nSPS) is 27.1. The SMILES string of the molecule is CCC(CC)n1ccc(CC2CC(C)CCC2NC)n1. The largest absolute Gasteiger partial charge is 0.317 e. The Morgan fingerprint density at radius 1 is 1.35 bits per heavy atom. The Morgan fingerprint density at radius 2 is 2.10 bits per heavy atom. The lowest BCUT2D eigenvalue weighted by molar-refractivity contribution is 0.218. The second-order valence-electron chi connectivity index (χ2n) is 6.54. The van der Waals surface area contributed by atoms with E-state index in [1.807, 2.05) is 0 Å². The molecule has 0 saturated heterocycles. The van der Waals surface area contributed by atoms with Crippen LogP contribution >= 0.6 is 0 Å². The second-order valence-corrected chi connectivity index (χ2v) is 6.54. The fourth-order valence-corrected chi connectivity index (χ4v) is 3.73. The van der Waals surface area contributed by atoms with Crippen LogP contribution in [0, 0.1) is 11.8 Å². The maximum Gasteiger partial charge on any atom is 0.0628 e. The van der Waals surface area contributed by atoms with Crippen molar-refractivity contribution in [3.63, 3.8) is 0 Å². The molecule has 0 aliphatic heterocycles. The average molecular weight is 277 g/mol. The van der Waals surface area contributed by atoms with E-state index in [0.717, 1.165) is 31.1 Å². The molecule has 3 nitrogen and oxygen atoms in total. The first kappa shape index (κ1) is 15.6. The molecule has 114 valence electrons. The summed E-state index contributed by atoms with van der Waals surface area (Å²) in [4.78, 5) is 0. The molecular formula is C17H31N3. The van der Waals surface area contributed by atoms with Crippen LogP contribution in [-0.4, -0.2) is 22.9 Å². The summed E-state index contributed by atoms with van der Waals surface area (Å²) in [5, 5.41) is 8.34. The molecule has 3 atom stereocenters. The summed E-state index contributed by atoms with van der Waals surface area (Å²) in [5.41, 5.74) is 1.27. The van der Waals surface area contributed by atoms with Gasteiger partial charge in [-0.3, -0.25) is 4.68 Å². The first-order valence-electron chi connectivity index (χ1n) is 8.39. The molecule has 1 N–H and O–H groups in total. The lowest BCUT2D eigenvalue weighted by Gasteiger charge is -2.34. The molecule has 3 heteroatoms. The third-order valence-corrected chi connectivity index (χ3v) is 5.07. The van der Waals surface area contributed by atoms with Gasteiger partial charge in [-0.2, -0.15) is 5.10 Å². The summed E-state index contributed by atoms with van der Waals surface area (Å²) in [6.07, 6.45) is 9.65. The Morgan fingerprint density at radius 3 is 2.75 bits per heavy atom. The summed E-state index contributed by atoms with van der Waals surface area (Å²) in [6.45, 7) is 6.88. The highest BCUT2D eigenvalue weighted by Crippen LogP contribution is 2.31. The lowest BCUT2D eigenvalue weighted by atomic mass is 9.77. The number of hydrogen-bond donors (Lipinski definition) is 1. The van der Waals surface area contributed by atoms with Gasteiger partial charge in [0.25, 0.3) is 0 Å². The highest BCUT2D eigenvalue weighted by atomic mass is 15.3. The van der Waals surface area contributed by atoms with Crippen molar-refractivity contribution in [2.45, 2.75) is 71.4 Å². The van der Waals surface area contributed by atoms with Crippen molar-refractivity contribution in [1.29, 1.82) is 0 Å². The van der Waals surface area contributed by atoms with Crippen molar-refractivity contribution in [2.75, 3.05) is 7.05 Å². The molecule has 1 aromatic heterocycles. The molecular weight excluding hydrogens is 246 g/mol. The van der Waals surface area contributed by atoms with E-state index in [9.17, 15) is 0 Å². The van der Waals surface area contributed by atoms with Crippen molar-refractivity contribution >= 4 is 0 Å². The molecule has 1 saturated carbocycles. The van der Waals surface area contributed by atoms with Gasteiger partial charge in [0.2, 0.25) is 0 Å². The monoisotopic (exact) mass is 277 g/mol. The minimum absolute atomic E-state index is 0.564. The van der Waals surface area contributed by atoms with E-state index in [1.165, 1.54) is 25.0 Å². The van der Waals surface area contributed by atoms with Crippen LogP contribution in [0.15, 0.2) is 12.3 Å². The molecule has 1 aliphatic rings. The minimum atomic E-state index is 0.564. The first-order valence-corrected chi connectivity index (χ1v) is 8.39. The van der Waals surface area contributed by atoms with Crippen LogP contribution in [-0.2, 0) is 6.42 Å². The first-order chi connectivity index (χ1) is 9.67. The van der Waals surface area contributed by atoms with Gasteiger partial charge in [0.05, 0.1) is 11.7 Å². The van der Waals surface area contributed by atoms with E-state index in [-0.39, 0.29) is 0 Å². The molecule has 0 aromatic carbocycles. The van der Waals surface area contributed by atoms with Crippen molar-refractivity contribution in [3.05, 3.63) is 18.0 Å². The van der Waals surface area contributed by atoms with E-state index in [1.54, 1.807) is 0 Å². The van der Waals surface area contributed by atoms with Crippen LogP contribution in [0.5, 0.6) is 0 Å². The predicted octanol–water partition coefficient (Wildman–Crippen LogP) is 3.81. The summed E-state index contributed by atoms with van der Waals surface area (Å²) in [5.74, 6) is 1.61. The maximum absolute atomic E-state index is 4.83. The van der Waals surface area contributed by atoms with Crippen molar-refractivity contribution in [3.8, 4) is 0 Å². The van der Waals surface area contributed by atoms with Gasteiger partial charge in [-0.25, -0.2) is 0 Å². The molecule has 2 rings (SSSR count). The smallest absolute Gasteiger partial charge is 0.0628 e. The van der Waals surface area contributed by atoms with Gasteiger partial charge < -0.3 is 5.32 Å². The van der Waals surface area contributed by atoms with Crippen molar-refractivity contribution in [1.82, 2.24) is 15.1 Å². The molecule has 1 heterocycles. The second kappa shape index (κ2) is 7.26. The van der Waals surface area contributed by atoms with Gasteiger partial charge in [0.15, 0.2) is 0 Å². The van der Waals surface area contributed by atoms with Gasteiger partial charge >= 0.3 is 0 Å². The number of aromatic nitrogens is 2. The summed E-state index contributed by atoms with van der Waals surface area (Å²) < 4.78 is 2.18. The third kappa shape index (κ3) is 3.63. The molecule has 20 heavy (non-hydrogen) atoms. The van der Waals surface area contributed by atoms with Gasteiger partial charge in [-0.05, 0) is 63.5 Å². The van der Waals surface area contributed by atoms with E-state index in [0.29, 0.717) is 12.1 Å². The van der Waals surface area contributed by atoms with Crippen molar-refractivity contribution < 1.29 is 0 Å². The summed E-state index contributed by atoms with van der Waals surface area (Å²) in [6, 6.07) is 3.46. The molecule has 0 radical (unpaired) electrons. The lowest BCUT2D eigenvalue weighted by Crippen LogP contribution is -2.39. The van der Waals surface area contributed by atoms with E-state index in [2.05, 4.69) is 50.1 Å². The van der Waals surface area contributed by atoms with E-state index in [4.69, 9.17) is 5.10 Å². The number of rotatable bonds is 6. The van der Waals surface area contributed by atoms with Gasteiger partial charge in [0, 0.05) is 12.2 Å². The molecule has 3 unspecified atom stereocenters. The van der Waals surface area contributed by atoms with E-state index < -0.39 is 0 Å². The topological polar surface area (TPSA) is 29.9 Å². The van der Waals surface area contributed by atoms with Crippen LogP contribution in [0.4, 0.5) is 0 Å². The third-order valence-electron chi connectivity index (χ3n) is 5.07. The highest BCUT2D eigenvalue weighted by molar-refractivity contribution is 5.03. The Hall–Kier alpha value is -0.830. The van der Waals surface area contributed by atoms with Crippen LogP contribution in [0.3, 0.4) is 0 Å². The van der Waals surface area contributed by atoms with Crippen LogP contribution < -0.4 is 5.32 Å².